The number of carbonyl (C=O) groups is 2. The van der Waals surface area contributed by atoms with Gasteiger partial charge in [-0.1, -0.05) is 6.07 Å². The number of aliphatic hydroxyl groups excluding tert-OH is 1. The summed E-state index contributed by atoms with van der Waals surface area (Å²) in [5, 5.41) is 21.6. The number of ether oxygens (including phenoxy) is 1. The van der Waals surface area contributed by atoms with Gasteiger partial charge in [0.1, 0.15) is 5.52 Å². The summed E-state index contributed by atoms with van der Waals surface area (Å²) >= 11 is 0. The van der Waals surface area contributed by atoms with E-state index in [0.29, 0.717) is 72.9 Å². The number of aryl methyl sites for hydroxylation is 1. The lowest BCUT2D eigenvalue weighted by molar-refractivity contribution is 0.0764. The second-order valence-electron chi connectivity index (χ2n) is 7.84. The Kier molecular flexibility index (Phi) is 6.63. The molecule has 33 heavy (non-hydrogen) atoms. The molecule has 0 spiro atoms. The lowest BCUT2D eigenvalue weighted by Gasteiger charge is -2.15. The molecule has 1 atom stereocenters. The Morgan fingerprint density at radius 1 is 1.33 bits per heavy atom. The van der Waals surface area contributed by atoms with Crippen LogP contribution in [0.5, 0.6) is 0 Å². The Morgan fingerprint density at radius 2 is 2.18 bits per heavy atom. The van der Waals surface area contributed by atoms with Crippen LogP contribution in [0.3, 0.4) is 0 Å². The number of aliphatic hydroxyl groups is 1. The zero-order valence-electron chi connectivity index (χ0n) is 18.2. The Morgan fingerprint density at radius 3 is 2.91 bits per heavy atom. The van der Waals surface area contributed by atoms with Crippen LogP contribution in [0.2, 0.25) is 0 Å². The molecule has 1 aliphatic rings. The Bertz CT molecular complexity index is 1230. The minimum atomic E-state index is -0.507. The molecule has 1 aromatic carbocycles. The first-order valence-electron chi connectivity index (χ1n) is 10.6. The van der Waals surface area contributed by atoms with E-state index in [2.05, 4.69) is 15.3 Å². The molecule has 2 amide bonds. The third-order valence-corrected chi connectivity index (χ3v) is 5.49. The summed E-state index contributed by atoms with van der Waals surface area (Å²) in [7, 11) is 1.61. The van der Waals surface area contributed by atoms with Gasteiger partial charge < -0.3 is 14.7 Å². The molecule has 1 aliphatic heterocycles. The van der Waals surface area contributed by atoms with Crippen LogP contribution in [0.25, 0.3) is 11.2 Å². The maximum absolute atomic E-state index is 12.8. The number of amides is 2. The second kappa shape index (κ2) is 9.77. The van der Waals surface area contributed by atoms with E-state index in [1.54, 1.807) is 40.8 Å². The van der Waals surface area contributed by atoms with Crippen LogP contribution in [0.4, 0.5) is 5.95 Å². The highest BCUT2D eigenvalue weighted by atomic mass is 16.5. The first kappa shape index (κ1) is 22.4. The fourth-order valence-electron chi connectivity index (χ4n) is 3.81. The highest BCUT2D eigenvalue weighted by Gasteiger charge is 2.26. The van der Waals surface area contributed by atoms with Crippen molar-refractivity contribution in [3.05, 3.63) is 53.2 Å². The minimum absolute atomic E-state index is 0.214. The van der Waals surface area contributed by atoms with Crippen molar-refractivity contribution in [3.8, 4) is 6.07 Å². The molecule has 170 valence electrons. The molecule has 4 rings (SSSR count). The predicted molar refractivity (Wildman–Crippen MR) is 120 cm³/mol. The highest BCUT2D eigenvalue weighted by molar-refractivity contribution is 6.04. The predicted octanol–water partition coefficient (Wildman–Crippen LogP) is 1.80. The molecule has 0 bridgehead atoms. The molecule has 0 radical (unpaired) electrons. The molecule has 10 nitrogen and oxygen atoms in total. The quantitative estimate of drug-likeness (QED) is 0.527. The van der Waals surface area contributed by atoms with Gasteiger partial charge in [0, 0.05) is 45.1 Å². The number of methoxy groups -OCH3 is 1. The topological polar surface area (TPSA) is 133 Å². The van der Waals surface area contributed by atoms with Crippen LogP contribution in [0.1, 0.15) is 39.1 Å². The number of rotatable bonds is 7. The van der Waals surface area contributed by atoms with Gasteiger partial charge in [0.25, 0.3) is 11.8 Å². The average molecular weight is 448 g/mol. The zero-order chi connectivity index (χ0) is 23.4. The summed E-state index contributed by atoms with van der Waals surface area (Å²) in [5.74, 6) is -0.325. The van der Waals surface area contributed by atoms with E-state index in [1.165, 1.54) is 12.3 Å². The van der Waals surface area contributed by atoms with Crippen molar-refractivity contribution in [1.82, 2.24) is 19.4 Å². The monoisotopic (exact) mass is 448 g/mol. The number of β-amino-alcohol motifs (C(OH)–C–C–N with tert-alkyl or cyclic N) is 1. The third kappa shape index (κ3) is 4.84. The van der Waals surface area contributed by atoms with Gasteiger partial charge in [-0.25, -0.2) is 9.97 Å². The van der Waals surface area contributed by atoms with Gasteiger partial charge in [-0.15, -0.1) is 0 Å². The number of likely N-dealkylation sites (tertiary alicyclic amines) is 1. The van der Waals surface area contributed by atoms with Gasteiger partial charge in [0.15, 0.2) is 5.65 Å². The number of nitrogens with zero attached hydrogens (tertiary/aromatic N) is 5. The highest BCUT2D eigenvalue weighted by Crippen LogP contribution is 2.22. The molecule has 2 aromatic heterocycles. The van der Waals surface area contributed by atoms with Crippen LogP contribution < -0.4 is 5.32 Å². The summed E-state index contributed by atoms with van der Waals surface area (Å²) < 4.78 is 6.91. The van der Waals surface area contributed by atoms with Crippen molar-refractivity contribution < 1.29 is 19.4 Å². The number of imidazole rings is 1. The van der Waals surface area contributed by atoms with Crippen molar-refractivity contribution in [2.75, 3.05) is 32.1 Å². The molecule has 0 unspecified atom stereocenters. The van der Waals surface area contributed by atoms with Crippen molar-refractivity contribution >= 4 is 28.9 Å². The number of anilines is 1. The van der Waals surface area contributed by atoms with Crippen molar-refractivity contribution in [2.24, 2.45) is 0 Å². The summed E-state index contributed by atoms with van der Waals surface area (Å²) in [6.45, 7) is 1.81. The van der Waals surface area contributed by atoms with E-state index in [9.17, 15) is 14.7 Å². The molecular weight excluding hydrogens is 424 g/mol. The van der Waals surface area contributed by atoms with Crippen molar-refractivity contribution in [3.63, 3.8) is 0 Å². The van der Waals surface area contributed by atoms with Crippen LogP contribution in [-0.4, -0.2) is 69.3 Å². The van der Waals surface area contributed by atoms with Crippen LogP contribution in [0.15, 0.2) is 36.5 Å². The van der Waals surface area contributed by atoms with Gasteiger partial charge in [-0.3, -0.25) is 19.5 Å². The second-order valence-corrected chi connectivity index (χ2v) is 7.84. The smallest absolute Gasteiger partial charge is 0.258 e. The maximum Gasteiger partial charge on any atom is 0.258 e. The number of fused-ring (bicyclic) bond motifs is 1. The molecule has 1 fully saturated rings. The molecule has 3 heterocycles. The van der Waals surface area contributed by atoms with E-state index in [-0.39, 0.29) is 5.91 Å². The average Bonchev–Trinajstić information content (AvgIpc) is 3.41. The number of carbonyl (C=O) groups excluding carboxylic acids is 2. The van der Waals surface area contributed by atoms with Gasteiger partial charge in [0.05, 0.1) is 23.3 Å². The number of aromatic nitrogens is 3. The van der Waals surface area contributed by atoms with Crippen molar-refractivity contribution in [1.29, 1.82) is 5.26 Å². The van der Waals surface area contributed by atoms with E-state index >= 15 is 0 Å². The third-order valence-electron chi connectivity index (χ3n) is 5.49. The molecule has 0 saturated carbocycles. The van der Waals surface area contributed by atoms with E-state index in [4.69, 9.17) is 10.00 Å². The summed E-state index contributed by atoms with van der Waals surface area (Å²) in [4.78, 5) is 36.2. The largest absolute Gasteiger partial charge is 0.391 e. The maximum atomic E-state index is 12.8. The number of pyridine rings is 1. The fourth-order valence-corrected chi connectivity index (χ4v) is 3.81. The number of nitriles is 1. The lowest BCUT2D eigenvalue weighted by Crippen LogP contribution is -2.29. The molecule has 0 aliphatic carbocycles. The Balaban J connectivity index is 1.65. The number of nitrogens with one attached hydrogen (secondary N) is 1. The summed E-state index contributed by atoms with van der Waals surface area (Å²) in [6, 6.07) is 10.1. The van der Waals surface area contributed by atoms with Gasteiger partial charge >= 0.3 is 0 Å². The minimum Gasteiger partial charge on any atom is -0.391 e. The molecule has 1 saturated heterocycles. The van der Waals surface area contributed by atoms with Crippen LogP contribution in [-0.2, 0) is 11.3 Å². The Labute approximate surface area is 190 Å². The van der Waals surface area contributed by atoms with Gasteiger partial charge in [-0.2, -0.15) is 5.26 Å². The van der Waals surface area contributed by atoms with E-state index in [0.717, 1.165) is 0 Å². The van der Waals surface area contributed by atoms with Crippen LogP contribution >= 0.6 is 0 Å². The standard InChI is InChI=1S/C23H24N6O4/c1-33-9-3-7-29-20-19(11-17(13-25-20)22(32)28-8-6-18(30)14-28)26-23(29)27-21(31)16-5-2-4-15(10-16)12-24/h2,4-5,10-11,13,18,30H,3,6-9,14H2,1H3,(H,26,27,31)/t18-/m0/s1. The first-order valence-corrected chi connectivity index (χ1v) is 10.6. The lowest BCUT2D eigenvalue weighted by atomic mass is 10.1. The van der Waals surface area contributed by atoms with Crippen LogP contribution in [0, 0.1) is 11.3 Å². The van der Waals surface area contributed by atoms with Gasteiger partial charge in [0.2, 0.25) is 5.95 Å². The zero-order valence-corrected chi connectivity index (χ0v) is 18.2. The summed E-state index contributed by atoms with van der Waals surface area (Å²) in [5.41, 5.74) is 2.09. The van der Waals surface area contributed by atoms with Gasteiger partial charge in [-0.05, 0) is 37.1 Å². The van der Waals surface area contributed by atoms with E-state index in [1.807, 2.05) is 6.07 Å². The molecule has 3 aromatic rings. The molecular formula is C23H24N6O4. The molecule has 10 heteroatoms. The normalized spacial score (nSPS) is 15.5. The van der Waals surface area contributed by atoms with E-state index < -0.39 is 12.0 Å². The number of hydrogen-bond donors (Lipinski definition) is 2. The summed E-state index contributed by atoms with van der Waals surface area (Å²) in [6.07, 6.45) is 2.21. The molecule has 2 N–H and O–H groups in total. The number of hydrogen-bond acceptors (Lipinski definition) is 7. The Hall–Kier alpha value is -3.81. The number of benzene rings is 1. The van der Waals surface area contributed by atoms with Crippen molar-refractivity contribution in [2.45, 2.75) is 25.5 Å². The fraction of sp³-hybridized carbons (Fsp3) is 0.348. The first-order chi connectivity index (χ1) is 16.0. The SMILES string of the molecule is COCCCn1c(NC(=O)c2cccc(C#N)c2)nc2cc(C(=O)N3CC[C@H](O)C3)cnc21.